The summed E-state index contributed by atoms with van der Waals surface area (Å²) in [5, 5.41) is 9.00. The lowest BCUT2D eigenvalue weighted by Gasteiger charge is -2.19. The van der Waals surface area contributed by atoms with Crippen molar-refractivity contribution < 1.29 is 0 Å². The predicted molar refractivity (Wildman–Crippen MR) is 81.9 cm³/mol. The third kappa shape index (κ3) is 3.22. The van der Waals surface area contributed by atoms with Gasteiger partial charge in [0.05, 0.1) is 0 Å². The quantitative estimate of drug-likeness (QED) is 0.878. The highest BCUT2D eigenvalue weighted by Crippen LogP contribution is 2.26. The Kier molecular flexibility index (Phi) is 4.38. The molecule has 1 aliphatic rings. The van der Waals surface area contributed by atoms with E-state index in [1.165, 1.54) is 5.56 Å². The summed E-state index contributed by atoms with van der Waals surface area (Å²) in [5.74, 6) is 2.48. The van der Waals surface area contributed by atoms with Crippen molar-refractivity contribution in [2.24, 2.45) is 7.05 Å². The summed E-state index contributed by atoms with van der Waals surface area (Å²) in [5.41, 5.74) is 1.32. The lowest BCUT2D eigenvalue weighted by atomic mass is 9.98. The van der Waals surface area contributed by atoms with Crippen LogP contribution in [0.4, 0.5) is 0 Å². The van der Waals surface area contributed by atoms with Gasteiger partial charge in [0.15, 0.2) is 11.0 Å². The van der Waals surface area contributed by atoms with E-state index in [0.717, 1.165) is 42.7 Å². The van der Waals surface area contributed by atoms with Crippen LogP contribution in [0.1, 0.15) is 30.1 Å². The van der Waals surface area contributed by atoms with Gasteiger partial charge in [0.2, 0.25) is 0 Å². The van der Waals surface area contributed by atoms with E-state index in [1.54, 1.807) is 11.8 Å². The molecule has 4 nitrogen and oxygen atoms in total. The molecule has 0 amide bonds. The normalized spacial score (nSPS) is 16.4. The van der Waals surface area contributed by atoms with E-state index < -0.39 is 0 Å². The summed E-state index contributed by atoms with van der Waals surface area (Å²) in [6.45, 7) is 2.16. The van der Waals surface area contributed by atoms with Gasteiger partial charge in [-0.25, -0.2) is 9.67 Å². The number of hydrogen-bond donors (Lipinski definition) is 1. The lowest BCUT2D eigenvalue weighted by Crippen LogP contribution is -2.27. The molecule has 1 fully saturated rings. The number of aromatic nitrogens is 3. The first-order valence-electron chi connectivity index (χ1n) is 7.11. The molecule has 0 aliphatic carbocycles. The molecule has 1 N–H and O–H groups in total. The summed E-state index contributed by atoms with van der Waals surface area (Å²) < 4.78 is 1.92. The van der Waals surface area contributed by atoms with Crippen LogP contribution >= 0.6 is 11.8 Å². The van der Waals surface area contributed by atoms with Gasteiger partial charge in [-0.3, -0.25) is 0 Å². The minimum atomic E-state index is 0.522. The summed E-state index contributed by atoms with van der Waals surface area (Å²) in [7, 11) is 1.99. The lowest BCUT2D eigenvalue weighted by molar-refractivity contribution is 0.443. The second-order valence-electron chi connectivity index (χ2n) is 5.17. The van der Waals surface area contributed by atoms with Gasteiger partial charge in [0.25, 0.3) is 0 Å². The Bertz CT molecular complexity index is 546. The fourth-order valence-electron chi connectivity index (χ4n) is 2.49. The number of hydrogen-bond acceptors (Lipinski definition) is 4. The second-order valence-corrected chi connectivity index (χ2v) is 6.12. The zero-order valence-electron chi connectivity index (χ0n) is 11.7. The zero-order valence-corrected chi connectivity index (χ0v) is 12.6. The Morgan fingerprint density at radius 1 is 1.25 bits per heavy atom. The molecule has 2 aromatic rings. The number of nitrogens with zero attached hydrogens (tertiary/aromatic N) is 3. The maximum absolute atomic E-state index is 4.74. The molecular weight excluding hydrogens is 268 g/mol. The van der Waals surface area contributed by atoms with E-state index in [-0.39, 0.29) is 0 Å². The summed E-state index contributed by atoms with van der Waals surface area (Å²) in [6.07, 6.45) is 2.29. The van der Waals surface area contributed by atoms with Gasteiger partial charge in [-0.1, -0.05) is 42.1 Å². The molecule has 1 aromatic carbocycles. The van der Waals surface area contributed by atoms with Crippen LogP contribution in [-0.4, -0.2) is 27.9 Å². The Morgan fingerprint density at radius 3 is 2.75 bits per heavy atom. The van der Waals surface area contributed by atoms with Crippen molar-refractivity contribution in [2.75, 3.05) is 13.1 Å². The van der Waals surface area contributed by atoms with Crippen molar-refractivity contribution in [1.29, 1.82) is 0 Å². The van der Waals surface area contributed by atoms with Gasteiger partial charge in [-0.15, -0.1) is 0 Å². The van der Waals surface area contributed by atoms with E-state index in [4.69, 9.17) is 4.98 Å². The molecule has 1 saturated heterocycles. The van der Waals surface area contributed by atoms with Crippen molar-refractivity contribution in [3.63, 3.8) is 0 Å². The highest BCUT2D eigenvalue weighted by Gasteiger charge is 2.20. The van der Waals surface area contributed by atoms with E-state index in [1.807, 2.05) is 17.8 Å². The SMILES string of the molecule is Cn1nc(C2CCNCC2)nc1SCc1ccccc1. The Labute approximate surface area is 124 Å². The van der Waals surface area contributed by atoms with E-state index in [9.17, 15) is 0 Å². The molecule has 0 atom stereocenters. The van der Waals surface area contributed by atoms with Gasteiger partial charge >= 0.3 is 0 Å². The zero-order chi connectivity index (χ0) is 13.8. The Morgan fingerprint density at radius 2 is 2.00 bits per heavy atom. The Hall–Kier alpha value is -1.33. The molecular formula is C15H20N4S. The van der Waals surface area contributed by atoms with Crippen molar-refractivity contribution in [3.05, 3.63) is 41.7 Å². The van der Waals surface area contributed by atoms with Crippen LogP contribution in [0.5, 0.6) is 0 Å². The molecule has 0 radical (unpaired) electrons. The number of rotatable bonds is 4. The Balaban J connectivity index is 1.66. The first-order valence-corrected chi connectivity index (χ1v) is 8.10. The van der Waals surface area contributed by atoms with E-state index in [2.05, 4.69) is 34.7 Å². The standard InChI is InChI=1S/C15H20N4S/c1-19-15(20-11-12-5-3-2-4-6-12)17-14(18-19)13-7-9-16-10-8-13/h2-6,13,16H,7-11H2,1H3. The van der Waals surface area contributed by atoms with Crippen LogP contribution in [0, 0.1) is 0 Å². The maximum atomic E-state index is 4.74. The molecule has 0 saturated carbocycles. The topological polar surface area (TPSA) is 42.7 Å². The van der Waals surface area contributed by atoms with Gasteiger partial charge in [0, 0.05) is 18.7 Å². The van der Waals surface area contributed by atoms with Gasteiger partial charge in [-0.05, 0) is 31.5 Å². The van der Waals surface area contributed by atoms with Crippen LogP contribution in [0.3, 0.4) is 0 Å². The van der Waals surface area contributed by atoms with E-state index in [0.29, 0.717) is 5.92 Å². The average Bonchev–Trinajstić information content (AvgIpc) is 2.88. The first kappa shape index (κ1) is 13.6. The molecule has 1 aliphatic heterocycles. The highest BCUT2D eigenvalue weighted by molar-refractivity contribution is 7.98. The molecule has 0 unspecified atom stereocenters. The number of nitrogens with one attached hydrogen (secondary N) is 1. The minimum Gasteiger partial charge on any atom is -0.317 e. The largest absolute Gasteiger partial charge is 0.317 e. The predicted octanol–water partition coefficient (Wildman–Crippen LogP) is 2.57. The van der Waals surface area contributed by atoms with Crippen molar-refractivity contribution in [1.82, 2.24) is 20.1 Å². The smallest absolute Gasteiger partial charge is 0.186 e. The first-order chi connectivity index (χ1) is 9.83. The van der Waals surface area contributed by atoms with Crippen molar-refractivity contribution >= 4 is 11.8 Å². The number of thioether (sulfide) groups is 1. The second kappa shape index (κ2) is 6.41. The fraction of sp³-hybridized carbons (Fsp3) is 0.467. The van der Waals surface area contributed by atoms with Crippen LogP contribution in [0.25, 0.3) is 0 Å². The number of aryl methyl sites for hydroxylation is 1. The van der Waals surface area contributed by atoms with Gasteiger partial charge < -0.3 is 5.32 Å². The van der Waals surface area contributed by atoms with Crippen molar-refractivity contribution in [3.8, 4) is 0 Å². The minimum absolute atomic E-state index is 0.522. The van der Waals surface area contributed by atoms with Crippen LogP contribution in [-0.2, 0) is 12.8 Å². The molecule has 20 heavy (non-hydrogen) atoms. The summed E-state index contributed by atoms with van der Waals surface area (Å²) in [4.78, 5) is 4.74. The third-order valence-electron chi connectivity index (χ3n) is 3.65. The maximum Gasteiger partial charge on any atom is 0.186 e. The molecule has 106 valence electrons. The summed E-state index contributed by atoms with van der Waals surface area (Å²) in [6, 6.07) is 10.5. The highest BCUT2D eigenvalue weighted by atomic mass is 32.2. The third-order valence-corrected chi connectivity index (χ3v) is 4.75. The molecule has 0 bridgehead atoms. The fourth-order valence-corrected chi connectivity index (χ4v) is 3.36. The van der Waals surface area contributed by atoms with Gasteiger partial charge in [0.1, 0.15) is 0 Å². The number of piperidine rings is 1. The molecule has 0 spiro atoms. The molecule has 3 rings (SSSR count). The van der Waals surface area contributed by atoms with Gasteiger partial charge in [-0.2, -0.15) is 5.10 Å². The summed E-state index contributed by atoms with van der Waals surface area (Å²) >= 11 is 1.76. The average molecular weight is 288 g/mol. The van der Waals surface area contributed by atoms with Crippen LogP contribution in [0.2, 0.25) is 0 Å². The van der Waals surface area contributed by atoms with Crippen LogP contribution < -0.4 is 5.32 Å². The molecule has 5 heteroatoms. The monoisotopic (exact) mass is 288 g/mol. The molecule has 1 aromatic heterocycles. The van der Waals surface area contributed by atoms with Crippen LogP contribution in [0.15, 0.2) is 35.5 Å². The van der Waals surface area contributed by atoms with Crippen molar-refractivity contribution in [2.45, 2.75) is 29.7 Å². The molecule has 2 heterocycles. The van der Waals surface area contributed by atoms with E-state index >= 15 is 0 Å². The number of benzene rings is 1.